The van der Waals surface area contributed by atoms with Crippen molar-refractivity contribution in [3.05, 3.63) is 65.7 Å². The maximum atomic E-state index is 12.4. The third-order valence-corrected chi connectivity index (χ3v) is 4.27. The van der Waals surface area contributed by atoms with Crippen molar-refractivity contribution in [3.63, 3.8) is 0 Å². The second-order valence-electron chi connectivity index (χ2n) is 5.99. The fourth-order valence-electron chi connectivity index (χ4n) is 3.01. The van der Waals surface area contributed by atoms with Gasteiger partial charge in [0.1, 0.15) is 5.75 Å². The summed E-state index contributed by atoms with van der Waals surface area (Å²) in [5.74, 6) is 0.0832. The third kappa shape index (κ3) is 4.11. The van der Waals surface area contributed by atoms with Crippen LogP contribution in [0, 0.1) is 0 Å². The van der Waals surface area contributed by atoms with E-state index in [9.17, 15) is 9.90 Å². The molecule has 0 aromatic heterocycles. The Kier molecular flexibility index (Phi) is 4.93. The van der Waals surface area contributed by atoms with Crippen LogP contribution in [0.2, 0.25) is 0 Å². The molecule has 0 saturated carbocycles. The molecule has 2 aromatic rings. The van der Waals surface area contributed by atoms with Crippen LogP contribution >= 0.6 is 0 Å². The number of likely N-dealkylation sites (tertiary alicyclic amines) is 1. The molecule has 0 radical (unpaired) electrons. The molecule has 23 heavy (non-hydrogen) atoms. The number of rotatable bonds is 4. The van der Waals surface area contributed by atoms with E-state index in [0.717, 1.165) is 25.9 Å². The number of carbonyl (C=O) groups excluding carboxylic acids is 1. The molecule has 1 fully saturated rings. The number of benzene rings is 2. The molecule has 1 saturated heterocycles. The van der Waals surface area contributed by atoms with Crippen molar-refractivity contribution in [2.45, 2.75) is 32.0 Å². The highest BCUT2D eigenvalue weighted by atomic mass is 16.3. The molecule has 4 heteroatoms. The van der Waals surface area contributed by atoms with Gasteiger partial charge in [-0.05, 0) is 49.1 Å². The van der Waals surface area contributed by atoms with Gasteiger partial charge in [-0.2, -0.15) is 0 Å². The maximum absolute atomic E-state index is 12.4. The van der Waals surface area contributed by atoms with Gasteiger partial charge in [0.15, 0.2) is 0 Å². The van der Waals surface area contributed by atoms with Crippen molar-refractivity contribution in [3.8, 4) is 5.75 Å². The van der Waals surface area contributed by atoms with Crippen LogP contribution in [0.25, 0.3) is 0 Å². The van der Waals surface area contributed by atoms with Crippen molar-refractivity contribution in [1.29, 1.82) is 0 Å². The lowest BCUT2D eigenvalue weighted by atomic mass is 10.1. The number of phenols is 1. The summed E-state index contributed by atoms with van der Waals surface area (Å²) in [6, 6.07) is 16.7. The zero-order valence-corrected chi connectivity index (χ0v) is 13.1. The van der Waals surface area contributed by atoms with E-state index >= 15 is 0 Å². The molecule has 2 N–H and O–H groups in total. The van der Waals surface area contributed by atoms with Gasteiger partial charge in [0, 0.05) is 18.7 Å². The summed E-state index contributed by atoms with van der Waals surface area (Å²) >= 11 is 0. The molecule has 2 aromatic carbocycles. The summed E-state index contributed by atoms with van der Waals surface area (Å²) in [5.41, 5.74) is 1.84. The van der Waals surface area contributed by atoms with E-state index in [1.165, 1.54) is 24.1 Å². The molecule has 0 aliphatic carbocycles. The zero-order chi connectivity index (χ0) is 16.1. The average molecular weight is 310 g/mol. The Balaban J connectivity index is 1.66. The number of aromatic hydroxyl groups is 1. The summed E-state index contributed by atoms with van der Waals surface area (Å²) in [6.07, 6.45) is 3.33. The van der Waals surface area contributed by atoms with Gasteiger partial charge in [0.25, 0.3) is 5.91 Å². The van der Waals surface area contributed by atoms with Gasteiger partial charge in [-0.25, -0.2) is 0 Å². The number of carbonyl (C=O) groups is 1. The summed E-state index contributed by atoms with van der Waals surface area (Å²) in [5, 5.41) is 12.5. The molecule has 4 nitrogen and oxygen atoms in total. The SMILES string of the molecule is O=C(NC1CCCCN1Cc1ccccc1)c1ccc(O)cc1. The molecule has 1 atom stereocenters. The number of piperidine rings is 1. The fourth-order valence-corrected chi connectivity index (χ4v) is 3.01. The van der Waals surface area contributed by atoms with E-state index in [1.807, 2.05) is 18.2 Å². The normalized spacial score (nSPS) is 18.5. The number of nitrogens with zero attached hydrogens (tertiary/aromatic N) is 1. The van der Waals surface area contributed by atoms with Crippen LogP contribution in [0.1, 0.15) is 35.2 Å². The number of hydrogen-bond acceptors (Lipinski definition) is 3. The van der Waals surface area contributed by atoms with Crippen LogP contribution < -0.4 is 5.32 Å². The van der Waals surface area contributed by atoms with Gasteiger partial charge in [-0.1, -0.05) is 30.3 Å². The molecular formula is C19H22N2O2. The standard InChI is InChI=1S/C19H22N2O2/c22-17-11-9-16(10-12-17)19(23)20-18-8-4-5-13-21(18)14-15-6-2-1-3-7-15/h1-3,6-7,9-12,18,22H,4-5,8,13-14H2,(H,20,23). The molecule has 0 bridgehead atoms. The topological polar surface area (TPSA) is 52.6 Å². The van der Waals surface area contributed by atoms with E-state index in [0.29, 0.717) is 5.56 Å². The summed E-state index contributed by atoms with van der Waals surface area (Å²) in [7, 11) is 0. The van der Waals surface area contributed by atoms with E-state index < -0.39 is 0 Å². The largest absolute Gasteiger partial charge is 0.508 e. The smallest absolute Gasteiger partial charge is 0.252 e. The van der Waals surface area contributed by atoms with Gasteiger partial charge in [-0.3, -0.25) is 9.69 Å². The molecule has 1 amide bonds. The minimum Gasteiger partial charge on any atom is -0.508 e. The van der Waals surface area contributed by atoms with Crippen molar-refractivity contribution in [2.24, 2.45) is 0 Å². The summed E-state index contributed by atoms with van der Waals surface area (Å²) < 4.78 is 0. The van der Waals surface area contributed by atoms with Crippen LogP contribution in [-0.2, 0) is 6.54 Å². The second kappa shape index (κ2) is 7.29. The highest BCUT2D eigenvalue weighted by Crippen LogP contribution is 2.19. The van der Waals surface area contributed by atoms with Gasteiger partial charge >= 0.3 is 0 Å². The first kappa shape index (κ1) is 15.6. The number of amides is 1. The van der Waals surface area contributed by atoms with Gasteiger partial charge in [0.05, 0.1) is 6.17 Å². The van der Waals surface area contributed by atoms with Crippen LogP contribution in [0.15, 0.2) is 54.6 Å². The van der Waals surface area contributed by atoms with E-state index in [2.05, 4.69) is 22.3 Å². The Bertz CT molecular complexity index is 640. The Morgan fingerprint density at radius 2 is 1.83 bits per heavy atom. The maximum Gasteiger partial charge on any atom is 0.252 e. The molecule has 1 aliphatic heterocycles. The molecular weight excluding hydrogens is 288 g/mol. The lowest BCUT2D eigenvalue weighted by Gasteiger charge is -2.36. The molecule has 0 spiro atoms. The predicted octanol–water partition coefficient (Wildman–Crippen LogP) is 3.13. The van der Waals surface area contributed by atoms with E-state index in [-0.39, 0.29) is 17.8 Å². The number of nitrogens with one attached hydrogen (secondary N) is 1. The van der Waals surface area contributed by atoms with Crippen molar-refractivity contribution >= 4 is 5.91 Å². The monoisotopic (exact) mass is 310 g/mol. The third-order valence-electron chi connectivity index (χ3n) is 4.27. The van der Waals surface area contributed by atoms with Gasteiger partial charge in [-0.15, -0.1) is 0 Å². The predicted molar refractivity (Wildman–Crippen MR) is 90.1 cm³/mol. The van der Waals surface area contributed by atoms with Crippen LogP contribution in [0.4, 0.5) is 0 Å². The van der Waals surface area contributed by atoms with Gasteiger partial charge in [0.2, 0.25) is 0 Å². The minimum absolute atomic E-state index is 0.0604. The van der Waals surface area contributed by atoms with Crippen LogP contribution in [0.3, 0.4) is 0 Å². The van der Waals surface area contributed by atoms with Crippen molar-refractivity contribution in [1.82, 2.24) is 10.2 Å². The quantitative estimate of drug-likeness (QED) is 0.912. The molecule has 3 rings (SSSR count). The average Bonchev–Trinajstić information content (AvgIpc) is 2.58. The molecule has 1 unspecified atom stereocenters. The number of hydrogen-bond donors (Lipinski definition) is 2. The first-order chi connectivity index (χ1) is 11.2. The highest BCUT2D eigenvalue weighted by Gasteiger charge is 2.24. The second-order valence-corrected chi connectivity index (χ2v) is 5.99. The van der Waals surface area contributed by atoms with Crippen molar-refractivity contribution < 1.29 is 9.90 Å². The first-order valence-corrected chi connectivity index (χ1v) is 8.10. The minimum atomic E-state index is -0.0880. The van der Waals surface area contributed by atoms with E-state index in [4.69, 9.17) is 0 Å². The Hall–Kier alpha value is -2.33. The Morgan fingerprint density at radius 3 is 2.57 bits per heavy atom. The highest BCUT2D eigenvalue weighted by molar-refractivity contribution is 5.94. The van der Waals surface area contributed by atoms with E-state index in [1.54, 1.807) is 12.1 Å². The number of phenolic OH excluding ortho intramolecular Hbond substituents is 1. The molecule has 120 valence electrons. The Morgan fingerprint density at radius 1 is 1.09 bits per heavy atom. The molecule has 1 heterocycles. The van der Waals surface area contributed by atoms with Gasteiger partial charge < -0.3 is 10.4 Å². The summed E-state index contributed by atoms with van der Waals surface area (Å²) in [6.45, 7) is 1.84. The lowest BCUT2D eigenvalue weighted by molar-refractivity contribution is 0.0753. The fraction of sp³-hybridized carbons (Fsp3) is 0.316. The lowest BCUT2D eigenvalue weighted by Crippen LogP contribution is -2.50. The first-order valence-electron chi connectivity index (χ1n) is 8.10. The Labute approximate surface area is 136 Å². The summed E-state index contributed by atoms with van der Waals surface area (Å²) in [4.78, 5) is 14.7. The van der Waals surface area contributed by atoms with Crippen LogP contribution in [-0.4, -0.2) is 28.6 Å². The zero-order valence-electron chi connectivity index (χ0n) is 13.1. The van der Waals surface area contributed by atoms with Crippen molar-refractivity contribution in [2.75, 3.05) is 6.54 Å². The molecule has 1 aliphatic rings. The van der Waals surface area contributed by atoms with Crippen LogP contribution in [0.5, 0.6) is 5.75 Å².